The number of urea groups is 1. The summed E-state index contributed by atoms with van der Waals surface area (Å²) >= 11 is 0. The lowest BCUT2D eigenvalue weighted by atomic mass is 10.1. The molecule has 6 heteroatoms. The van der Waals surface area contributed by atoms with E-state index in [0.717, 1.165) is 0 Å². The summed E-state index contributed by atoms with van der Waals surface area (Å²) in [4.78, 5) is 20.7. The molecule has 0 rings (SSSR count). The lowest BCUT2D eigenvalue weighted by Gasteiger charge is -2.17. The van der Waals surface area contributed by atoms with Crippen molar-refractivity contribution in [1.29, 1.82) is 0 Å². The molecule has 0 aromatic rings. The Balaban J connectivity index is 3.97. The van der Waals surface area contributed by atoms with Gasteiger partial charge < -0.3 is 10.8 Å². The first-order valence-electron chi connectivity index (χ1n) is 3.49. The summed E-state index contributed by atoms with van der Waals surface area (Å²) in [5.41, 5.74) is 9.05. The van der Waals surface area contributed by atoms with Gasteiger partial charge >= 0.3 is 12.0 Å². The Morgan fingerprint density at radius 1 is 1.42 bits per heavy atom. The Kier molecular flexibility index (Phi) is 4.06. The molecule has 0 aliphatic heterocycles. The number of hydrogen-bond donors (Lipinski definition) is 4. The third-order valence-corrected chi connectivity index (χ3v) is 1.28. The van der Waals surface area contributed by atoms with Crippen LogP contribution >= 0.6 is 0 Å². The van der Waals surface area contributed by atoms with Crippen LogP contribution in [0, 0.1) is 5.92 Å². The van der Waals surface area contributed by atoms with Gasteiger partial charge in [-0.1, -0.05) is 13.8 Å². The molecule has 5 N–H and O–H groups in total. The van der Waals surface area contributed by atoms with Crippen molar-refractivity contribution in [2.45, 2.75) is 19.9 Å². The van der Waals surface area contributed by atoms with E-state index >= 15 is 0 Å². The van der Waals surface area contributed by atoms with Crippen molar-refractivity contribution in [2.24, 2.45) is 11.7 Å². The quantitative estimate of drug-likeness (QED) is 0.423. The second-order valence-electron chi connectivity index (χ2n) is 2.69. The van der Waals surface area contributed by atoms with Gasteiger partial charge in [0.2, 0.25) is 0 Å². The van der Waals surface area contributed by atoms with E-state index in [4.69, 9.17) is 10.8 Å². The third-order valence-electron chi connectivity index (χ3n) is 1.28. The van der Waals surface area contributed by atoms with Crippen molar-refractivity contribution in [2.75, 3.05) is 0 Å². The number of hydrazine groups is 1. The minimum Gasteiger partial charge on any atom is -0.480 e. The number of carbonyl (C=O) groups excluding carboxylic acids is 1. The van der Waals surface area contributed by atoms with Crippen molar-refractivity contribution in [3.63, 3.8) is 0 Å². The van der Waals surface area contributed by atoms with Crippen molar-refractivity contribution in [1.82, 2.24) is 10.9 Å². The predicted octanol–water partition coefficient (Wildman–Crippen LogP) is -0.731. The summed E-state index contributed by atoms with van der Waals surface area (Å²) in [5, 5.41) is 8.60. The second-order valence-corrected chi connectivity index (χ2v) is 2.69. The van der Waals surface area contributed by atoms with Gasteiger partial charge in [0.1, 0.15) is 6.04 Å². The number of hydrogen-bond acceptors (Lipinski definition) is 3. The van der Waals surface area contributed by atoms with Crippen molar-refractivity contribution in [3.05, 3.63) is 0 Å². The molecule has 0 aromatic heterocycles. The largest absolute Gasteiger partial charge is 0.480 e. The highest BCUT2D eigenvalue weighted by molar-refractivity contribution is 5.75. The molecule has 0 saturated heterocycles. The first-order valence-corrected chi connectivity index (χ1v) is 3.49. The van der Waals surface area contributed by atoms with Gasteiger partial charge in [0, 0.05) is 0 Å². The molecular formula is C6H13N3O3. The van der Waals surface area contributed by atoms with Crippen LogP contribution in [0.1, 0.15) is 13.8 Å². The molecule has 0 aromatic carbocycles. The molecule has 2 amide bonds. The Bertz CT molecular complexity index is 181. The van der Waals surface area contributed by atoms with Gasteiger partial charge in [0.25, 0.3) is 0 Å². The van der Waals surface area contributed by atoms with Crippen LogP contribution in [-0.2, 0) is 4.79 Å². The highest BCUT2D eigenvalue weighted by atomic mass is 16.4. The van der Waals surface area contributed by atoms with Gasteiger partial charge in [-0.25, -0.2) is 10.2 Å². The zero-order chi connectivity index (χ0) is 9.72. The summed E-state index contributed by atoms with van der Waals surface area (Å²) in [6.45, 7) is 3.43. The number of carboxylic acids is 1. The summed E-state index contributed by atoms with van der Waals surface area (Å²) in [7, 11) is 0. The first kappa shape index (κ1) is 10.7. The maximum Gasteiger partial charge on any atom is 0.326 e. The van der Waals surface area contributed by atoms with E-state index in [1.54, 1.807) is 13.8 Å². The summed E-state index contributed by atoms with van der Waals surface area (Å²) in [5.74, 6) is -1.16. The highest BCUT2D eigenvalue weighted by Crippen LogP contribution is 1.99. The lowest BCUT2D eigenvalue weighted by Crippen LogP contribution is -2.52. The van der Waals surface area contributed by atoms with E-state index in [-0.39, 0.29) is 5.92 Å². The molecule has 0 spiro atoms. The number of rotatable bonds is 4. The summed E-state index contributed by atoms with van der Waals surface area (Å²) in [6, 6.07) is -1.63. The molecule has 6 nitrogen and oxygen atoms in total. The number of carboxylic acid groups (broad SMARTS) is 1. The van der Waals surface area contributed by atoms with Crippen LogP contribution in [0.5, 0.6) is 0 Å². The van der Waals surface area contributed by atoms with E-state index in [9.17, 15) is 9.59 Å². The zero-order valence-electron chi connectivity index (χ0n) is 7.00. The minimum atomic E-state index is -1.03. The standard InChI is InChI=1S/C6H13N3O3/c1-3(2)4(5(10)11)8-9-6(7)12/h3-4,8H,1-2H3,(H,10,11)(H3,7,9,12)/t4-/m0/s1. The molecule has 0 aliphatic rings. The summed E-state index contributed by atoms with van der Waals surface area (Å²) < 4.78 is 0. The zero-order valence-corrected chi connectivity index (χ0v) is 7.00. The van der Waals surface area contributed by atoms with Gasteiger partial charge in [-0.05, 0) is 5.92 Å². The topological polar surface area (TPSA) is 104 Å². The Morgan fingerprint density at radius 2 is 1.92 bits per heavy atom. The fraction of sp³-hybridized carbons (Fsp3) is 0.667. The lowest BCUT2D eigenvalue weighted by molar-refractivity contribution is -0.140. The van der Waals surface area contributed by atoms with E-state index in [2.05, 4.69) is 5.43 Å². The molecule has 0 heterocycles. The van der Waals surface area contributed by atoms with E-state index in [1.165, 1.54) is 0 Å². The number of nitrogens with one attached hydrogen (secondary N) is 2. The number of amides is 2. The maximum absolute atomic E-state index is 10.5. The van der Waals surface area contributed by atoms with Gasteiger partial charge in [-0.15, -0.1) is 0 Å². The molecule has 0 unspecified atom stereocenters. The first-order chi connectivity index (χ1) is 5.45. The van der Waals surface area contributed by atoms with Crippen LogP contribution in [-0.4, -0.2) is 23.1 Å². The Morgan fingerprint density at radius 3 is 2.17 bits per heavy atom. The SMILES string of the molecule is CC(C)[C@H](NNC(N)=O)C(=O)O. The smallest absolute Gasteiger partial charge is 0.326 e. The maximum atomic E-state index is 10.5. The Labute approximate surface area is 70.1 Å². The molecule has 70 valence electrons. The molecular weight excluding hydrogens is 162 g/mol. The number of primary amides is 1. The highest BCUT2D eigenvalue weighted by Gasteiger charge is 2.20. The average molecular weight is 175 g/mol. The van der Waals surface area contributed by atoms with Crippen LogP contribution in [0.2, 0.25) is 0 Å². The third kappa shape index (κ3) is 3.77. The number of carbonyl (C=O) groups is 2. The van der Waals surface area contributed by atoms with Gasteiger partial charge in [-0.3, -0.25) is 10.2 Å². The van der Waals surface area contributed by atoms with Gasteiger partial charge in [0.15, 0.2) is 0 Å². The molecule has 0 bridgehead atoms. The van der Waals surface area contributed by atoms with Gasteiger partial charge in [-0.2, -0.15) is 0 Å². The van der Waals surface area contributed by atoms with E-state index < -0.39 is 18.0 Å². The van der Waals surface area contributed by atoms with Crippen molar-refractivity contribution >= 4 is 12.0 Å². The molecule has 0 saturated carbocycles. The van der Waals surface area contributed by atoms with Crippen LogP contribution in [0.15, 0.2) is 0 Å². The molecule has 0 aliphatic carbocycles. The minimum absolute atomic E-state index is 0.130. The molecule has 0 radical (unpaired) electrons. The van der Waals surface area contributed by atoms with Crippen LogP contribution in [0.3, 0.4) is 0 Å². The normalized spacial score (nSPS) is 12.6. The van der Waals surface area contributed by atoms with E-state index in [1.807, 2.05) is 5.43 Å². The predicted molar refractivity (Wildman–Crippen MR) is 42.1 cm³/mol. The van der Waals surface area contributed by atoms with Crippen molar-refractivity contribution in [3.8, 4) is 0 Å². The molecule has 0 fully saturated rings. The number of nitrogens with two attached hydrogens (primary N) is 1. The average Bonchev–Trinajstić information content (AvgIpc) is 1.84. The van der Waals surface area contributed by atoms with Gasteiger partial charge in [0.05, 0.1) is 0 Å². The van der Waals surface area contributed by atoms with Crippen LogP contribution in [0.25, 0.3) is 0 Å². The van der Waals surface area contributed by atoms with Crippen LogP contribution < -0.4 is 16.6 Å². The fourth-order valence-corrected chi connectivity index (χ4v) is 0.662. The van der Waals surface area contributed by atoms with Crippen molar-refractivity contribution < 1.29 is 14.7 Å². The second kappa shape index (κ2) is 4.55. The molecule has 12 heavy (non-hydrogen) atoms. The van der Waals surface area contributed by atoms with E-state index in [0.29, 0.717) is 0 Å². The monoisotopic (exact) mass is 175 g/mol. The molecule has 1 atom stereocenters. The Hall–Kier alpha value is -1.30. The van der Waals surface area contributed by atoms with Crippen LogP contribution in [0.4, 0.5) is 4.79 Å². The number of aliphatic carboxylic acids is 1. The fourth-order valence-electron chi connectivity index (χ4n) is 0.662. The summed E-state index contributed by atoms with van der Waals surface area (Å²) in [6.07, 6.45) is 0.